The van der Waals surface area contributed by atoms with E-state index in [2.05, 4.69) is 30.9 Å². The van der Waals surface area contributed by atoms with E-state index >= 15 is 0 Å². The van der Waals surface area contributed by atoms with Crippen molar-refractivity contribution in [2.45, 2.75) is 63.2 Å². The average Bonchev–Trinajstić information content (AvgIpc) is 3.57. The molecule has 0 saturated heterocycles. The number of carbonyl (C=O) groups is 4. The zero-order valence-electron chi connectivity index (χ0n) is 21.8. The first-order valence-electron chi connectivity index (χ1n) is 12.8. The number of aliphatic carboxylic acids is 1. The Morgan fingerprint density at radius 2 is 1.72 bits per heavy atom. The third-order valence-electron chi connectivity index (χ3n) is 6.38. The molecule has 0 fully saturated rings. The Kier molecular flexibility index (Phi) is 10.6. The Balaban J connectivity index is 1.63. The number of aromatic amines is 2. The van der Waals surface area contributed by atoms with Gasteiger partial charge in [0, 0.05) is 41.8 Å². The second-order valence-corrected chi connectivity index (χ2v) is 9.43. The van der Waals surface area contributed by atoms with Gasteiger partial charge in [-0.2, -0.15) is 0 Å². The van der Waals surface area contributed by atoms with Crippen LogP contribution in [0.25, 0.3) is 10.9 Å². The smallest absolute Gasteiger partial charge is 0.326 e. The first-order chi connectivity index (χ1) is 18.7. The molecule has 13 heteroatoms. The Labute approximate surface area is 225 Å². The summed E-state index contributed by atoms with van der Waals surface area (Å²) in [5.74, 6) is -2.98. The number of nitrogens with one attached hydrogen (secondary N) is 5. The van der Waals surface area contributed by atoms with Crippen LogP contribution in [0.15, 0.2) is 43.0 Å². The van der Waals surface area contributed by atoms with Gasteiger partial charge in [-0.05, 0) is 44.4 Å². The Hall–Kier alpha value is -4.23. The molecule has 0 aliphatic rings. The molecule has 1 aromatic carbocycles. The number of unbranched alkanes of at least 4 members (excludes halogenated alkanes) is 1. The number of carboxylic acid groups (broad SMARTS) is 1. The predicted octanol–water partition coefficient (Wildman–Crippen LogP) is -0.309. The number of para-hydroxylation sites is 1. The molecule has 210 valence electrons. The van der Waals surface area contributed by atoms with Crippen molar-refractivity contribution in [1.82, 2.24) is 30.9 Å². The van der Waals surface area contributed by atoms with E-state index < -0.39 is 47.9 Å². The Bertz CT molecular complexity index is 1260. The summed E-state index contributed by atoms with van der Waals surface area (Å²) in [4.78, 5) is 60.4. The molecule has 2 aromatic heterocycles. The number of nitrogens with zero attached hydrogens (tertiary/aromatic N) is 1. The summed E-state index contributed by atoms with van der Waals surface area (Å²) in [5.41, 5.74) is 13.8. The van der Waals surface area contributed by atoms with E-state index in [0.29, 0.717) is 25.1 Å². The van der Waals surface area contributed by atoms with E-state index in [1.54, 1.807) is 12.4 Å². The second-order valence-electron chi connectivity index (χ2n) is 9.43. The summed E-state index contributed by atoms with van der Waals surface area (Å²) in [6.45, 7) is 1.88. The number of hydrogen-bond acceptors (Lipinski definition) is 7. The van der Waals surface area contributed by atoms with Gasteiger partial charge in [-0.25, -0.2) is 9.78 Å². The summed E-state index contributed by atoms with van der Waals surface area (Å²) in [6, 6.07) is 3.32. The lowest BCUT2D eigenvalue weighted by molar-refractivity contribution is -0.142. The number of fused-ring (bicyclic) bond motifs is 1. The Morgan fingerprint density at radius 1 is 0.974 bits per heavy atom. The molecule has 2 heterocycles. The number of aromatic nitrogens is 3. The second kappa shape index (κ2) is 14.1. The number of H-pyrrole nitrogens is 2. The van der Waals surface area contributed by atoms with E-state index in [-0.39, 0.29) is 19.3 Å². The minimum absolute atomic E-state index is 0.0508. The zero-order valence-corrected chi connectivity index (χ0v) is 21.8. The minimum Gasteiger partial charge on any atom is -0.480 e. The molecular formula is C26H36N8O5. The van der Waals surface area contributed by atoms with Gasteiger partial charge in [0.1, 0.15) is 18.1 Å². The van der Waals surface area contributed by atoms with Crippen LogP contribution in [0.2, 0.25) is 0 Å². The number of rotatable bonds is 15. The molecule has 0 aliphatic carbocycles. The molecule has 3 aromatic rings. The van der Waals surface area contributed by atoms with Crippen LogP contribution in [0.4, 0.5) is 0 Å². The van der Waals surface area contributed by atoms with Gasteiger partial charge in [-0.3, -0.25) is 14.4 Å². The van der Waals surface area contributed by atoms with Gasteiger partial charge in [-0.15, -0.1) is 0 Å². The standard InChI is InChI=1S/C26H36N8O5/c1-15(32-24(36)19(28)11-17-13-29-14-31-17)23(35)33-21(8-4-5-9-27)25(37)34-22(26(38)39)10-16-12-30-20-7-3-2-6-18(16)20/h2-3,6-7,12-15,19,21-22,30H,4-5,8-11,27-28H2,1H3,(H,29,31)(H,32,36)(H,33,35)(H,34,37)(H,38,39). The SMILES string of the molecule is CC(NC(=O)C(N)Cc1cnc[nH]1)C(=O)NC(CCCCN)C(=O)NC(Cc1c[nH]c2ccccc12)C(=O)O. The molecule has 4 atom stereocenters. The summed E-state index contributed by atoms with van der Waals surface area (Å²) in [5, 5.41) is 18.4. The lowest BCUT2D eigenvalue weighted by Crippen LogP contribution is -2.56. The number of imidazole rings is 1. The van der Waals surface area contributed by atoms with Crippen molar-refractivity contribution >= 4 is 34.6 Å². The van der Waals surface area contributed by atoms with Crippen LogP contribution >= 0.6 is 0 Å². The summed E-state index contributed by atoms with van der Waals surface area (Å²) in [7, 11) is 0. The molecule has 0 saturated carbocycles. The largest absolute Gasteiger partial charge is 0.480 e. The van der Waals surface area contributed by atoms with Crippen LogP contribution in [0.1, 0.15) is 37.4 Å². The van der Waals surface area contributed by atoms with E-state index in [1.807, 2.05) is 24.3 Å². The van der Waals surface area contributed by atoms with Crippen molar-refractivity contribution in [3.63, 3.8) is 0 Å². The maximum absolute atomic E-state index is 13.2. The van der Waals surface area contributed by atoms with Crippen LogP contribution in [0, 0.1) is 0 Å². The first kappa shape index (κ1) is 29.3. The Morgan fingerprint density at radius 3 is 2.41 bits per heavy atom. The fraction of sp³-hybridized carbons (Fsp3) is 0.423. The zero-order chi connectivity index (χ0) is 28.4. The maximum atomic E-state index is 13.2. The number of hydrogen-bond donors (Lipinski definition) is 8. The lowest BCUT2D eigenvalue weighted by Gasteiger charge is -2.24. The van der Waals surface area contributed by atoms with E-state index in [1.165, 1.54) is 13.3 Å². The molecule has 3 amide bonds. The molecule has 3 rings (SSSR count). The van der Waals surface area contributed by atoms with E-state index in [0.717, 1.165) is 16.5 Å². The molecule has 0 radical (unpaired) electrons. The first-order valence-corrected chi connectivity index (χ1v) is 12.8. The molecule has 0 spiro atoms. The number of benzene rings is 1. The minimum atomic E-state index is -1.22. The van der Waals surface area contributed by atoms with Crippen LogP contribution in [0.5, 0.6) is 0 Å². The third-order valence-corrected chi connectivity index (χ3v) is 6.38. The summed E-state index contributed by atoms with van der Waals surface area (Å²) in [6.07, 6.45) is 6.39. The number of amides is 3. The predicted molar refractivity (Wildman–Crippen MR) is 144 cm³/mol. The molecule has 10 N–H and O–H groups in total. The average molecular weight is 541 g/mol. The van der Waals surface area contributed by atoms with Crippen LogP contribution in [-0.4, -0.2) is 74.5 Å². The highest BCUT2D eigenvalue weighted by molar-refractivity contribution is 5.94. The van der Waals surface area contributed by atoms with Gasteiger partial charge in [0.25, 0.3) is 0 Å². The van der Waals surface area contributed by atoms with Gasteiger partial charge < -0.3 is 42.5 Å². The monoisotopic (exact) mass is 540 g/mol. The highest BCUT2D eigenvalue weighted by Gasteiger charge is 2.29. The van der Waals surface area contributed by atoms with Crippen LogP contribution in [0.3, 0.4) is 0 Å². The van der Waals surface area contributed by atoms with Crippen LogP contribution < -0.4 is 27.4 Å². The van der Waals surface area contributed by atoms with E-state index in [9.17, 15) is 24.3 Å². The highest BCUT2D eigenvalue weighted by atomic mass is 16.4. The van der Waals surface area contributed by atoms with Crippen molar-refractivity contribution in [2.75, 3.05) is 6.54 Å². The van der Waals surface area contributed by atoms with E-state index in [4.69, 9.17) is 11.5 Å². The number of carboxylic acids is 1. The maximum Gasteiger partial charge on any atom is 0.326 e. The molecule has 39 heavy (non-hydrogen) atoms. The molecule has 0 bridgehead atoms. The van der Waals surface area contributed by atoms with Crippen molar-refractivity contribution in [3.8, 4) is 0 Å². The van der Waals surface area contributed by atoms with Gasteiger partial charge in [0.05, 0.1) is 12.4 Å². The molecule has 0 aliphatic heterocycles. The van der Waals surface area contributed by atoms with Gasteiger partial charge >= 0.3 is 5.97 Å². The van der Waals surface area contributed by atoms with Crippen molar-refractivity contribution in [1.29, 1.82) is 0 Å². The lowest BCUT2D eigenvalue weighted by atomic mass is 10.0. The molecule has 4 unspecified atom stereocenters. The number of nitrogens with two attached hydrogens (primary N) is 2. The summed E-state index contributed by atoms with van der Waals surface area (Å²) >= 11 is 0. The molecular weight excluding hydrogens is 504 g/mol. The fourth-order valence-electron chi connectivity index (χ4n) is 4.16. The van der Waals surface area contributed by atoms with Gasteiger partial charge in [0.2, 0.25) is 17.7 Å². The van der Waals surface area contributed by atoms with Crippen LogP contribution in [-0.2, 0) is 32.0 Å². The number of carbonyl (C=O) groups excluding carboxylic acids is 3. The quantitative estimate of drug-likeness (QED) is 0.119. The van der Waals surface area contributed by atoms with Gasteiger partial charge in [-0.1, -0.05) is 18.2 Å². The van der Waals surface area contributed by atoms with Crippen molar-refractivity contribution < 1.29 is 24.3 Å². The normalized spacial score (nSPS) is 14.2. The highest BCUT2D eigenvalue weighted by Crippen LogP contribution is 2.19. The topological polar surface area (TPSA) is 221 Å². The van der Waals surface area contributed by atoms with Crippen molar-refractivity contribution in [2.24, 2.45) is 11.5 Å². The summed E-state index contributed by atoms with van der Waals surface area (Å²) < 4.78 is 0. The molecule has 13 nitrogen and oxygen atoms in total. The van der Waals surface area contributed by atoms with Crippen molar-refractivity contribution in [3.05, 3.63) is 54.2 Å². The third kappa shape index (κ3) is 8.38. The fourth-order valence-corrected chi connectivity index (χ4v) is 4.16. The van der Waals surface area contributed by atoms with Gasteiger partial charge in [0.15, 0.2) is 0 Å².